The molecule has 0 aliphatic rings. The maximum absolute atomic E-state index is 11.1. The highest BCUT2D eigenvalue weighted by Gasteiger charge is 2.06. The molecule has 3 rings (SSSR count). The Hall–Kier alpha value is -2.19. The van der Waals surface area contributed by atoms with Crippen molar-refractivity contribution in [1.29, 1.82) is 0 Å². The van der Waals surface area contributed by atoms with Crippen LogP contribution in [0.1, 0.15) is 10.4 Å². The van der Waals surface area contributed by atoms with Crippen molar-refractivity contribution in [1.82, 2.24) is 4.98 Å². The van der Waals surface area contributed by atoms with Crippen LogP contribution in [-0.2, 0) is 0 Å². The first kappa shape index (κ1) is 11.9. The number of rotatable bonds is 2. The van der Waals surface area contributed by atoms with E-state index in [9.17, 15) is 4.79 Å². The highest BCUT2D eigenvalue weighted by atomic mass is 35.5. The van der Waals surface area contributed by atoms with Crippen LogP contribution in [0.3, 0.4) is 0 Å². The number of carbonyl (C=O) groups excluding carboxylic acids is 1. The van der Waals surface area contributed by atoms with E-state index in [0.29, 0.717) is 10.6 Å². The molecule has 1 heterocycles. The molecule has 0 saturated carbocycles. The molecule has 3 aromatic rings. The fourth-order valence-electron chi connectivity index (χ4n) is 2.12. The third-order valence-electron chi connectivity index (χ3n) is 3.06. The maximum Gasteiger partial charge on any atom is 0.150 e. The van der Waals surface area contributed by atoms with E-state index < -0.39 is 0 Å². The van der Waals surface area contributed by atoms with Crippen LogP contribution in [0.5, 0.6) is 0 Å². The van der Waals surface area contributed by atoms with E-state index in [2.05, 4.69) is 4.98 Å². The number of nitrogens with zero attached hydrogens (tertiary/aromatic N) is 1. The van der Waals surface area contributed by atoms with E-state index in [1.54, 1.807) is 24.4 Å². The zero-order chi connectivity index (χ0) is 13.2. The van der Waals surface area contributed by atoms with Crippen LogP contribution >= 0.6 is 11.6 Å². The Kier molecular flexibility index (Phi) is 3.02. The van der Waals surface area contributed by atoms with Crippen molar-refractivity contribution < 1.29 is 4.79 Å². The Morgan fingerprint density at radius 2 is 1.95 bits per heavy atom. The van der Waals surface area contributed by atoms with Gasteiger partial charge in [0.25, 0.3) is 0 Å². The number of carbonyl (C=O) groups is 1. The van der Waals surface area contributed by atoms with Gasteiger partial charge in [-0.2, -0.15) is 0 Å². The van der Waals surface area contributed by atoms with Crippen LogP contribution < -0.4 is 0 Å². The lowest BCUT2D eigenvalue weighted by Gasteiger charge is -2.07. The first-order valence-electron chi connectivity index (χ1n) is 5.88. The molecule has 0 aliphatic heterocycles. The predicted molar refractivity (Wildman–Crippen MR) is 77.6 cm³/mol. The van der Waals surface area contributed by atoms with Crippen LogP contribution in [0, 0.1) is 0 Å². The molecule has 2 aromatic carbocycles. The lowest BCUT2D eigenvalue weighted by Crippen LogP contribution is -1.88. The number of aldehydes is 1. The van der Waals surface area contributed by atoms with Gasteiger partial charge in [-0.05, 0) is 41.5 Å². The summed E-state index contributed by atoms with van der Waals surface area (Å²) in [5.74, 6) is 0. The van der Waals surface area contributed by atoms with Crippen LogP contribution in [-0.4, -0.2) is 11.3 Å². The minimum absolute atomic E-state index is 0.613. The largest absolute Gasteiger partial charge is 0.298 e. The first-order chi connectivity index (χ1) is 9.28. The molecule has 0 radical (unpaired) electrons. The summed E-state index contributed by atoms with van der Waals surface area (Å²) in [6.07, 6.45) is 2.60. The zero-order valence-corrected chi connectivity index (χ0v) is 10.8. The van der Waals surface area contributed by atoms with Gasteiger partial charge >= 0.3 is 0 Å². The van der Waals surface area contributed by atoms with Crippen LogP contribution in [0.4, 0.5) is 0 Å². The van der Waals surface area contributed by atoms with Gasteiger partial charge in [0.1, 0.15) is 0 Å². The van der Waals surface area contributed by atoms with E-state index in [1.807, 2.05) is 30.3 Å². The SMILES string of the molecule is O=Cc1ccc(Cl)cc1-c1ccc2cccnc2c1. The number of halogens is 1. The second-order valence-electron chi connectivity index (χ2n) is 4.26. The summed E-state index contributed by atoms with van der Waals surface area (Å²) >= 11 is 6.01. The smallest absolute Gasteiger partial charge is 0.150 e. The molecule has 0 amide bonds. The molecule has 0 spiro atoms. The summed E-state index contributed by atoms with van der Waals surface area (Å²) in [4.78, 5) is 15.4. The molecule has 2 nitrogen and oxygen atoms in total. The number of pyridine rings is 1. The molecule has 92 valence electrons. The lowest BCUT2D eigenvalue weighted by molar-refractivity contribution is 0.112. The second-order valence-corrected chi connectivity index (χ2v) is 4.70. The van der Waals surface area contributed by atoms with Gasteiger partial charge in [-0.1, -0.05) is 29.8 Å². The van der Waals surface area contributed by atoms with E-state index in [1.165, 1.54) is 0 Å². The average Bonchev–Trinajstić information content (AvgIpc) is 2.46. The van der Waals surface area contributed by atoms with Crippen molar-refractivity contribution >= 4 is 28.8 Å². The number of fused-ring (bicyclic) bond motifs is 1. The van der Waals surface area contributed by atoms with Gasteiger partial charge in [-0.3, -0.25) is 9.78 Å². The highest BCUT2D eigenvalue weighted by molar-refractivity contribution is 6.31. The molecular formula is C16H10ClNO. The van der Waals surface area contributed by atoms with Crippen LogP contribution in [0.2, 0.25) is 5.02 Å². The van der Waals surface area contributed by atoms with Gasteiger partial charge in [0.15, 0.2) is 6.29 Å². The fourth-order valence-corrected chi connectivity index (χ4v) is 2.29. The molecule has 0 saturated heterocycles. The molecule has 19 heavy (non-hydrogen) atoms. The summed E-state index contributed by atoms with van der Waals surface area (Å²) in [5, 5.41) is 1.68. The van der Waals surface area contributed by atoms with E-state index in [-0.39, 0.29) is 0 Å². The molecule has 0 N–H and O–H groups in total. The fraction of sp³-hybridized carbons (Fsp3) is 0. The van der Waals surface area contributed by atoms with E-state index >= 15 is 0 Å². The van der Waals surface area contributed by atoms with Crippen molar-refractivity contribution in [2.75, 3.05) is 0 Å². The number of hydrogen-bond donors (Lipinski definition) is 0. The van der Waals surface area contributed by atoms with Crippen molar-refractivity contribution in [3.05, 3.63) is 65.3 Å². The average molecular weight is 268 g/mol. The van der Waals surface area contributed by atoms with Crippen molar-refractivity contribution in [3.63, 3.8) is 0 Å². The Morgan fingerprint density at radius 3 is 2.79 bits per heavy atom. The number of aromatic nitrogens is 1. The first-order valence-corrected chi connectivity index (χ1v) is 6.25. The number of benzene rings is 2. The van der Waals surface area contributed by atoms with E-state index in [4.69, 9.17) is 11.6 Å². The Morgan fingerprint density at radius 1 is 1.05 bits per heavy atom. The van der Waals surface area contributed by atoms with Gasteiger partial charge in [0.05, 0.1) is 5.52 Å². The summed E-state index contributed by atoms with van der Waals surface area (Å²) in [6.45, 7) is 0. The summed E-state index contributed by atoms with van der Waals surface area (Å²) in [5.41, 5.74) is 3.29. The summed E-state index contributed by atoms with van der Waals surface area (Å²) in [7, 11) is 0. The van der Waals surface area contributed by atoms with Gasteiger partial charge in [0, 0.05) is 22.2 Å². The molecule has 3 heteroatoms. The standard InChI is InChI=1S/C16H10ClNO/c17-14-6-5-13(10-19)15(9-14)12-4-3-11-2-1-7-18-16(11)8-12/h1-10H. The third-order valence-corrected chi connectivity index (χ3v) is 3.29. The van der Waals surface area contributed by atoms with Crippen LogP contribution in [0.15, 0.2) is 54.7 Å². The highest BCUT2D eigenvalue weighted by Crippen LogP contribution is 2.28. The Balaban J connectivity index is 2.24. The minimum Gasteiger partial charge on any atom is -0.298 e. The van der Waals surface area contributed by atoms with Gasteiger partial charge in [-0.15, -0.1) is 0 Å². The molecule has 0 atom stereocenters. The maximum atomic E-state index is 11.1. The Labute approximate surface area is 115 Å². The topological polar surface area (TPSA) is 30.0 Å². The lowest BCUT2D eigenvalue weighted by atomic mass is 9.99. The molecule has 1 aromatic heterocycles. The zero-order valence-electron chi connectivity index (χ0n) is 10.0. The Bertz CT molecular complexity index is 768. The predicted octanol–water partition coefficient (Wildman–Crippen LogP) is 4.37. The normalized spacial score (nSPS) is 10.6. The van der Waals surface area contributed by atoms with Crippen LogP contribution in [0.25, 0.3) is 22.0 Å². The van der Waals surface area contributed by atoms with Crippen molar-refractivity contribution in [2.45, 2.75) is 0 Å². The molecule has 0 fully saturated rings. The van der Waals surface area contributed by atoms with Crippen molar-refractivity contribution in [3.8, 4) is 11.1 Å². The van der Waals surface area contributed by atoms with Gasteiger partial charge in [0.2, 0.25) is 0 Å². The monoisotopic (exact) mass is 267 g/mol. The van der Waals surface area contributed by atoms with Gasteiger partial charge in [-0.25, -0.2) is 0 Å². The molecule has 0 bridgehead atoms. The summed E-state index contributed by atoms with van der Waals surface area (Å²) in [6, 6.07) is 15.1. The third kappa shape index (κ3) is 2.23. The van der Waals surface area contributed by atoms with Gasteiger partial charge < -0.3 is 0 Å². The van der Waals surface area contributed by atoms with E-state index in [0.717, 1.165) is 28.3 Å². The molecule has 0 unspecified atom stereocenters. The van der Waals surface area contributed by atoms with Crippen molar-refractivity contribution in [2.24, 2.45) is 0 Å². The quantitative estimate of drug-likeness (QED) is 0.646. The second kappa shape index (κ2) is 4.82. The number of hydrogen-bond acceptors (Lipinski definition) is 2. The molecular weight excluding hydrogens is 258 g/mol. The molecule has 0 aliphatic carbocycles. The minimum atomic E-state index is 0.613. The summed E-state index contributed by atoms with van der Waals surface area (Å²) < 4.78 is 0.